The van der Waals surface area contributed by atoms with Crippen LogP contribution in [0.25, 0.3) is 0 Å². The van der Waals surface area contributed by atoms with Gasteiger partial charge in [0, 0.05) is 38.9 Å². The third-order valence-electron chi connectivity index (χ3n) is 5.55. The van der Waals surface area contributed by atoms with Crippen LogP contribution in [0.1, 0.15) is 32.3 Å². The summed E-state index contributed by atoms with van der Waals surface area (Å²) in [5, 5.41) is 3.35. The number of morpholine rings is 1. The second kappa shape index (κ2) is 9.67. The zero-order valence-corrected chi connectivity index (χ0v) is 17.2. The Morgan fingerprint density at radius 3 is 2.93 bits per heavy atom. The minimum Gasteiger partial charge on any atom is -0.377 e. The van der Waals surface area contributed by atoms with Crippen molar-refractivity contribution >= 4 is 5.91 Å². The molecule has 3 atom stereocenters. The first-order valence-electron chi connectivity index (χ1n) is 10.3. The molecule has 1 unspecified atom stereocenters. The van der Waals surface area contributed by atoms with Gasteiger partial charge in [-0.05, 0) is 30.4 Å². The molecule has 0 spiro atoms. The van der Waals surface area contributed by atoms with Crippen molar-refractivity contribution in [1.29, 1.82) is 0 Å². The van der Waals surface area contributed by atoms with Crippen molar-refractivity contribution in [2.45, 2.75) is 45.4 Å². The van der Waals surface area contributed by atoms with Gasteiger partial charge in [-0.3, -0.25) is 9.59 Å². The normalized spacial score (nSPS) is 25.4. The van der Waals surface area contributed by atoms with Crippen molar-refractivity contribution in [3.63, 3.8) is 0 Å². The lowest BCUT2D eigenvalue weighted by atomic mass is 9.98. The highest BCUT2D eigenvalue weighted by atomic mass is 16.5. The van der Waals surface area contributed by atoms with E-state index in [0.717, 1.165) is 18.4 Å². The Kier molecular flexibility index (Phi) is 7.26. The number of carbonyl (C=O) groups is 1. The summed E-state index contributed by atoms with van der Waals surface area (Å²) in [5.41, 5.74) is 0.946. The molecule has 2 fully saturated rings. The van der Waals surface area contributed by atoms with Crippen molar-refractivity contribution in [1.82, 2.24) is 14.8 Å². The molecule has 1 aromatic rings. The van der Waals surface area contributed by atoms with Crippen LogP contribution in [0.3, 0.4) is 0 Å². The summed E-state index contributed by atoms with van der Waals surface area (Å²) in [6, 6.07) is 3.75. The average molecular weight is 392 g/mol. The molecule has 2 aliphatic heterocycles. The molecule has 0 aromatic carbocycles. The van der Waals surface area contributed by atoms with E-state index in [9.17, 15) is 9.59 Å². The molecular weight excluding hydrogens is 358 g/mol. The van der Waals surface area contributed by atoms with E-state index in [4.69, 9.17) is 9.47 Å². The Bertz CT molecular complexity index is 718. The van der Waals surface area contributed by atoms with Crippen molar-refractivity contribution in [2.24, 2.45) is 18.9 Å². The number of aromatic nitrogens is 1. The molecule has 0 bridgehead atoms. The molecule has 28 heavy (non-hydrogen) atoms. The van der Waals surface area contributed by atoms with Crippen molar-refractivity contribution < 1.29 is 14.3 Å². The SMILES string of the molecule is CC(C)CC1COCCN1C(=O)[C@@H]1CO[C@H](CNCc2ccn(C)c(=O)c2)C1. The molecule has 0 saturated carbocycles. The second-order valence-corrected chi connectivity index (χ2v) is 8.39. The molecule has 1 aromatic heterocycles. The third kappa shape index (κ3) is 5.43. The largest absolute Gasteiger partial charge is 0.377 e. The summed E-state index contributed by atoms with van der Waals surface area (Å²) in [6.07, 6.45) is 3.52. The molecule has 1 N–H and O–H groups in total. The van der Waals surface area contributed by atoms with E-state index in [1.165, 1.54) is 0 Å². The van der Waals surface area contributed by atoms with Crippen LogP contribution in [0.15, 0.2) is 23.1 Å². The van der Waals surface area contributed by atoms with Crippen LogP contribution in [0.4, 0.5) is 0 Å². The molecule has 3 heterocycles. The highest BCUT2D eigenvalue weighted by Gasteiger charge is 2.37. The molecule has 2 aliphatic rings. The van der Waals surface area contributed by atoms with Crippen molar-refractivity contribution in [2.75, 3.05) is 32.9 Å². The minimum absolute atomic E-state index is 0.0106. The van der Waals surface area contributed by atoms with E-state index in [-0.39, 0.29) is 29.5 Å². The van der Waals surface area contributed by atoms with E-state index in [1.807, 2.05) is 11.0 Å². The Morgan fingerprint density at radius 2 is 2.18 bits per heavy atom. The van der Waals surface area contributed by atoms with Gasteiger partial charge in [-0.15, -0.1) is 0 Å². The number of nitrogens with zero attached hydrogens (tertiary/aromatic N) is 2. The van der Waals surface area contributed by atoms with Crippen LogP contribution in [0.5, 0.6) is 0 Å². The maximum atomic E-state index is 13.0. The molecule has 7 heteroatoms. The Labute approximate surface area is 167 Å². The fraction of sp³-hybridized carbons (Fsp3) is 0.714. The smallest absolute Gasteiger partial charge is 0.250 e. The molecule has 2 saturated heterocycles. The molecule has 3 rings (SSSR count). The molecule has 0 radical (unpaired) electrons. The van der Waals surface area contributed by atoms with Gasteiger partial charge in [0.2, 0.25) is 5.91 Å². The number of rotatable bonds is 7. The molecule has 1 amide bonds. The Morgan fingerprint density at radius 1 is 1.36 bits per heavy atom. The van der Waals surface area contributed by atoms with Gasteiger partial charge in [0.15, 0.2) is 0 Å². The van der Waals surface area contributed by atoms with Gasteiger partial charge in [-0.25, -0.2) is 0 Å². The van der Waals surface area contributed by atoms with Gasteiger partial charge in [-0.1, -0.05) is 13.8 Å². The zero-order valence-electron chi connectivity index (χ0n) is 17.2. The summed E-state index contributed by atoms with van der Waals surface area (Å²) in [5.74, 6) is 0.681. The maximum absolute atomic E-state index is 13.0. The first-order valence-corrected chi connectivity index (χ1v) is 10.3. The van der Waals surface area contributed by atoms with Gasteiger partial charge < -0.3 is 24.3 Å². The predicted octanol–water partition coefficient (Wildman–Crippen LogP) is 1.15. The van der Waals surface area contributed by atoms with Crippen LogP contribution < -0.4 is 10.9 Å². The highest BCUT2D eigenvalue weighted by molar-refractivity contribution is 5.79. The lowest BCUT2D eigenvalue weighted by Gasteiger charge is -2.37. The van der Waals surface area contributed by atoms with Crippen LogP contribution in [0, 0.1) is 11.8 Å². The second-order valence-electron chi connectivity index (χ2n) is 8.39. The summed E-state index contributed by atoms with van der Waals surface area (Å²) in [4.78, 5) is 26.7. The number of ether oxygens (including phenoxy) is 2. The van der Waals surface area contributed by atoms with Crippen LogP contribution in [0.2, 0.25) is 0 Å². The number of aryl methyl sites for hydroxylation is 1. The fourth-order valence-electron chi connectivity index (χ4n) is 4.02. The number of hydrogen-bond acceptors (Lipinski definition) is 5. The van der Waals surface area contributed by atoms with Crippen LogP contribution in [-0.4, -0.2) is 60.4 Å². The van der Waals surface area contributed by atoms with Gasteiger partial charge >= 0.3 is 0 Å². The quantitative estimate of drug-likeness (QED) is 0.755. The standard InChI is InChI=1S/C21H33N3O4/c1-15(2)8-18-14-27-7-6-24(18)21(26)17-10-19(28-13-17)12-22-11-16-4-5-23(3)20(25)9-16/h4-5,9,15,17-19,22H,6-8,10-14H2,1-3H3/t17-,18?,19-/m0/s1. The predicted molar refractivity (Wildman–Crippen MR) is 107 cm³/mol. The lowest BCUT2D eigenvalue weighted by Crippen LogP contribution is -2.51. The van der Waals surface area contributed by atoms with Gasteiger partial charge in [0.1, 0.15) is 0 Å². The van der Waals surface area contributed by atoms with E-state index >= 15 is 0 Å². The zero-order chi connectivity index (χ0) is 20.1. The van der Waals surface area contributed by atoms with Crippen molar-refractivity contribution in [3.05, 3.63) is 34.2 Å². The minimum atomic E-state index is -0.0661. The van der Waals surface area contributed by atoms with Gasteiger partial charge in [0.25, 0.3) is 5.56 Å². The first kappa shape index (κ1) is 21.0. The van der Waals surface area contributed by atoms with E-state index in [2.05, 4.69) is 19.2 Å². The first-order chi connectivity index (χ1) is 13.4. The summed E-state index contributed by atoms with van der Waals surface area (Å²) >= 11 is 0. The fourth-order valence-corrected chi connectivity index (χ4v) is 4.02. The van der Waals surface area contributed by atoms with E-state index in [1.54, 1.807) is 23.9 Å². The number of hydrogen-bond donors (Lipinski definition) is 1. The van der Waals surface area contributed by atoms with Gasteiger partial charge in [0.05, 0.1) is 37.9 Å². The van der Waals surface area contributed by atoms with E-state index in [0.29, 0.717) is 45.4 Å². The average Bonchev–Trinajstić information content (AvgIpc) is 3.13. The van der Waals surface area contributed by atoms with Crippen LogP contribution in [-0.2, 0) is 27.9 Å². The lowest BCUT2D eigenvalue weighted by molar-refractivity contribution is -0.144. The maximum Gasteiger partial charge on any atom is 0.250 e. The molecule has 156 valence electrons. The molecule has 7 nitrogen and oxygen atoms in total. The number of amides is 1. The van der Waals surface area contributed by atoms with Crippen molar-refractivity contribution in [3.8, 4) is 0 Å². The number of pyridine rings is 1. The van der Waals surface area contributed by atoms with Gasteiger partial charge in [-0.2, -0.15) is 0 Å². The monoisotopic (exact) mass is 391 g/mol. The Balaban J connectivity index is 1.46. The molecular formula is C21H33N3O4. The topological polar surface area (TPSA) is 72.8 Å². The highest BCUT2D eigenvalue weighted by Crippen LogP contribution is 2.25. The third-order valence-corrected chi connectivity index (χ3v) is 5.55. The van der Waals surface area contributed by atoms with Crippen LogP contribution >= 0.6 is 0 Å². The summed E-state index contributed by atoms with van der Waals surface area (Å²) in [7, 11) is 1.74. The van der Waals surface area contributed by atoms with E-state index < -0.39 is 0 Å². The number of nitrogens with one attached hydrogen (secondary N) is 1. The summed E-state index contributed by atoms with van der Waals surface area (Å²) < 4.78 is 13.0. The Hall–Kier alpha value is -1.70. The summed E-state index contributed by atoms with van der Waals surface area (Å²) in [6.45, 7) is 8.09. The molecule has 0 aliphatic carbocycles. The number of carbonyl (C=O) groups excluding carboxylic acids is 1.